The van der Waals surface area contributed by atoms with E-state index in [2.05, 4.69) is 4.98 Å². The number of nitriles is 1. The highest BCUT2D eigenvalue weighted by molar-refractivity contribution is 5.94. The summed E-state index contributed by atoms with van der Waals surface area (Å²) in [7, 11) is 0. The van der Waals surface area contributed by atoms with Crippen LogP contribution in [0.1, 0.15) is 15.9 Å². The van der Waals surface area contributed by atoms with Gasteiger partial charge in [0, 0.05) is 12.3 Å². The summed E-state index contributed by atoms with van der Waals surface area (Å²) in [5, 5.41) is 8.79. The molecular formula is C14H11N3O3. The van der Waals surface area contributed by atoms with Crippen LogP contribution in [0.15, 0.2) is 41.3 Å². The first kappa shape index (κ1) is 12.2. The highest BCUT2D eigenvalue weighted by Gasteiger charge is 2.33. The van der Waals surface area contributed by atoms with E-state index in [0.717, 1.165) is 0 Å². The number of hydrogen-bond donors (Lipinski definition) is 0. The van der Waals surface area contributed by atoms with Gasteiger partial charge in [0.25, 0.3) is 5.91 Å². The summed E-state index contributed by atoms with van der Waals surface area (Å²) < 4.78 is 10.5. The minimum Gasteiger partial charge on any atom is -0.472 e. The van der Waals surface area contributed by atoms with E-state index in [1.165, 1.54) is 18.7 Å². The molecule has 1 amide bonds. The Morgan fingerprint density at radius 3 is 3.05 bits per heavy atom. The first-order chi connectivity index (χ1) is 9.76. The Morgan fingerprint density at radius 1 is 1.50 bits per heavy atom. The zero-order chi connectivity index (χ0) is 13.9. The van der Waals surface area contributed by atoms with E-state index in [0.29, 0.717) is 30.1 Å². The van der Waals surface area contributed by atoms with Gasteiger partial charge in [0.2, 0.25) is 5.88 Å². The average Bonchev–Trinajstić information content (AvgIpc) is 2.96. The van der Waals surface area contributed by atoms with Crippen LogP contribution in [0.2, 0.25) is 0 Å². The maximum atomic E-state index is 11.9. The van der Waals surface area contributed by atoms with Gasteiger partial charge in [0.1, 0.15) is 12.4 Å². The van der Waals surface area contributed by atoms with E-state index < -0.39 is 0 Å². The molecule has 0 spiro atoms. The summed E-state index contributed by atoms with van der Waals surface area (Å²) >= 11 is 0. The third-order valence-electron chi connectivity index (χ3n) is 3.05. The van der Waals surface area contributed by atoms with Crippen molar-refractivity contribution >= 4 is 5.91 Å². The van der Waals surface area contributed by atoms with Crippen LogP contribution >= 0.6 is 0 Å². The number of carbonyl (C=O) groups excluding carboxylic acids is 1. The highest BCUT2D eigenvalue weighted by Crippen LogP contribution is 2.19. The predicted molar refractivity (Wildman–Crippen MR) is 68.0 cm³/mol. The second-order valence-electron chi connectivity index (χ2n) is 4.46. The molecule has 3 heterocycles. The number of hydrogen-bond acceptors (Lipinski definition) is 5. The summed E-state index contributed by atoms with van der Waals surface area (Å²) in [6.07, 6.45) is 4.33. The van der Waals surface area contributed by atoms with E-state index >= 15 is 0 Å². The fourth-order valence-corrected chi connectivity index (χ4v) is 1.96. The van der Waals surface area contributed by atoms with Gasteiger partial charge in [-0.3, -0.25) is 4.79 Å². The molecule has 2 aromatic heterocycles. The molecule has 1 saturated heterocycles. The number of ether oxygens (including phenoxy) is 1. The molecule has 0 radical (unpaired) electrons. The molecule has 0 bridgehead atoms. The molecule has 20 heavy (non-hydrogen) atoms. The van der Waals surface area contributed by atoms with Crippen LogP contribution in [0, 0.1) is 11.3 Å². The Bertz CT molecular complexity index is 655. The lowest BCUT2D eigenvalue weighted by Gasteiger charge is -2.38. The number of nitrogens with zero attached hydrogens (tertiary/aromatic N) is 3. The molecule has 0 atom stereocenters. The summed E-state index contributed by atoms with van der Waals surface area (Å²) in [4.78, 5) is 17.6. The molecule has 6 nitrogen and oxygen atoms in total. The maximum Gasteiger partial charge on any atom is 0.257 e. The Kier molecular flexibility index (Phi) is 3.09. The van der Waals surface area contributed by atoms with E-state index in [4.69, 9.17) is 14.4 Å². The van der Waals surface area contributed by atoms with Crippen molar-refractivity contribution in [1.82, 2.24) is 9.88 Å². The first-order valence-electron chi connectivity index (χ1n) is 6.10. The molecule has 1 aliphatic heterocycles. The molecule has 0 aromatic carbocycles. The van der Waals surface area contributed by atoms with Crippen LogP contribution in [0.3, 0.4) is 0 Å². The van der Waals surface area contributed by atoms with Gasteiger partial charge < -0.3 is 14.1 Å². The maximum absolute atomic E-state index is 11.9. The molecule has 0 aliphatic carbocycles. The minimum atomic E-state index is -0.0905. The molecule has 1 fully saturated rings. The Morgan fingerprint density at radius 2 is 2.35 bits per heavy atom. The van der Waals surface area contributed by atoms with Crippen molar-refractivity contribution < 1.29 is 13.9 Å². The standard InChI is InChI=1S/C14H11N3O3/c15-6-10-1-3-16-13(5-10)20-12-7-17(8-12)14(18)11-2-4-19-9-11/h1-5,9,12H,7-8H2. The highest BCUT2D eigenvalue weighted by atomic mass is 16.5. The summed E-state index contributed by atoms with van der Waals surface area (Å²) in [5.41, 5.74) is 1.04. The smallest absolute Gasteiger partial charge is 0.257 e. The van der Waals surface area contributed by atoms with Crippen molar-refractivity contribution in [3.05, 3.63) is 48.0 Å². The first-order valence-corrected chi connectivity index (χ1v) is 6.10. The number of aromatic nitrogens is 1. The Labute approximate surface area is 115 Å². The molecule has 1 aliphatic rings. The minimum absolute atomic E-state index is 0.0719. The van der Waals surface area contributed by atoms with Crippen molar-refractivity contribution in [2.45, 2.75) is 6.10 Å². The molecule has 0 unspecified atom stereocenters. The van der Waals surface area contributed by atoms with Crippen LogP contribution in [0.4, 0.5) is 0 Å². The molecule has 3 rings (SSSR count). The largest absolute Gasteiger partial charge is 0.472 e. The predicted octanol–water partition coefficient (Wildman–Crippen LogP) is 1.45. The average molecular weight is 269 g/mol. The molecule has 2 aromatic rings. The molecular weight excluding hydrogens is 258 g/mol. The Hall–Kier alpha value is -2.81. The number of likely N-dealkylation sites (tertiary alicyclic amines) is 1. The lowest BCUT2D eigenvalue weighted by atomic mass is 10.1. The van der Waals surface area contributed by atoms with E-state index in [9.17, 15) is 4.79 Å². The van der Waals surface area contributed by atoms with Crippen molar-refractivity contribution in [2.75, 3.05) is 13.1 Å². The monoisotopic (exact) mass is 269 g/mol. The molecule has 100 valence electrons. The second-order valence-corrected chi connectivity index (χ2v) is 4.46. The lowest BCUT2D eigenvalue weighted by Crippen LogP contribution is -2.56. The quantitative estimate of drug-likeness (QED) is 0.842. The van der Waals surface area contributed by atoms with Crippen LogP contribution in [-0.2, 0) is 0 Å². The number of pyridine rings is 1. The number of carbonyl (C=O) groups is 1. The van der Waals surface area contributed by atoms with Gasteiger partial charge in [0.05, 0.1) is 36.5 Å². The SMILES string of the molecule is N#Cc1ccnc(OC2CN(C(=O)c3ccoc3)C2)c1. The van der Waals surface area contributed by atoms with Gasteiger partial charge in [-0.15, -0.1) is 0 Å². The summed E-state index contributed by atoms with van der Waals surface area (Å²) in [6.45, 7) is 1.00. The van der Waals surface area contributed by atoms with Crippen molar-refractivity contribution in [1.29, 1.82) is 5.26 Å². The topological polar surface area (TPSA) is 79.4 Å². The zero-order valence-electron chi connectivity index (χ0n) is 10.5. The fraction of sp³-hybridized carbons (Fsp3) is 0.214. The van der Waals surface area contributed by atoms with Crippen molar-refractivity contribution in [3.63, 3.8) is 0 Å². The second kappa shape index (κ2) is 5.05. The fourth-order valence-electron chi connectivity index (χ4n) is 1.96. The third-order valence-corrected chi connectivity index (χ3v) is 3.05. The van der Waals surface area contributed by atoms with E-state index in [1.807, 2.05) is 6.07 Å². The zero-order valence-corrected chi connectivity index (χ0v) is 10.5. The van der Waals surface area contributed by atoms with Gasteiger partial charge in [-0.25, -0.2) is 4.98 Å². The van der Waals surface area contributed by atoms with Gasteiger partial charge >= 0.3 is 0 Å². The number of furan rings is 1. The van der Waals surface area contributed by atoms with Gasteiger partial charge in [0.15, 0.2) is 0 Å². The van der Waals surface area contributed by atoms with Crippen LogP contribution in [0.5, 0.6) is 5.88 Å². The van der Waals surface area contributed by atoms with E-state index in [-0.39, 0.29) is 12.0 Å². The van der Waals surface area contributed by atoms with Crippen LogP contribution < -0.4 is 4.74 Å². The molecule has 0 saturated carbocycles. The van der Waals surface area contributed by atoms with E-state index in [1.54, 1.807) is 23.1 Å². The van der Waals surface area contributed by atoms with Crippen LogP contribution in [0.25, 0.3) is 0 Å². The van der Waals surface area contributed by atoms with Crippen molar-refractivity contribution in [3.8, 4) is 11.9 Å². The Balaban J connectivity index is 1.56. The van der Waals surface area contributed by atoms with Crippen LogP contribution in [-0.4, -0.2) is 35.0 Å². The molecule has 0 N–H and O–H groups in total. The summed E-state index contributed by atoms with van der Waals surface area (Å²) in [6, 6.07) is 6.86. The summed E-state index contributed by atoms with van der Waals surface area (Å²) in [5.74, 6) is 0.335. The van der Waals surface area contributed by atoms with Crippen molar-refractivity contribution in [2.24, 2.45) is 0 Å². The molecule has 6 heteroatoms. The van der Waals surface area contributed by atoms with Gasteiger partial charge in [-0.1, -0.05) is 0 Å². The third kappa shape index (κ3) is 2.34. The normalized spacial score (nSPS) is 14.4. The number of amides is 1. The lowest BCUT2D eigenvalue weighted by molar-refractivity contribution is 0.0159. The van der Waals surface area contributed by atoms with Gasteiger partial charge in [-0.2, -0.15) is 5.26 Å². The van der Waals surface area contributed by atoms with Gasteiger partial charge in [-0.05, 0) is 12.1 Å². The number of rotatable bonds is 3.